The molecular formula is C17H30N3O6P. The van der Waals surface area contributed by atoms with Gasteiger partial charge in [-0.25, -0.2) is 4.99 Å². The predicted octanol–water partition coefficient (Wildman–Crippen LogP) is 2.70. The van der Waals surface area contributed by atoms with Crippen LogP contribution in [0.5, 0.6) is 0 Å². The Balaban J connectivity index is 2.14. The van der Waals surface area contributed by atoms with Crippen LogP contribution in [0.4, 0.5) is 0 Å². The fourth-order valence-corrected chi connectivity index (χ4v) is 4.38. The third kappa shape index (κ3) is 6.05. The Kier molecular flexibility index (Phi) is 7.10. The fourth-order valence-electron chi connectivity index (χ4n) is 2.85. The number of hydrogen-bond acceptors (Lipinski definition) is 9. The summed E-state index contributed by atoms with van der Waals surface area (Å²) >= 11 is 0. The van der Waals surface area contributed by atoms with Crippen LogP contribution in [0.1, 0.15) is 34.1 Å². The molecule has 2 rings (SSSR count). The van der Waals surface area contributed by atoms with Crippen LogP contribution in [0.3, 0.4) is 0 Å². The largest absolute Gasteiger partial charge is 0.503 e. The van der Waals surface area contributed by atoms with E-state index < -0.39 is 26.0 Å². The van der Waals surface area contributed by atoms with Gasteiger partial charge in [-0.2, -0.15) is 0 Å². The zero-order valence-corrected chi connectivity index (χ0v) is 17.4. The van der Waals surface area contributed by atoms with Crippen molar-refractivity contribution >= 4 is 13.4 Å². The monoisotopic (exact) mass is 403 g/mol. The lowest BCUT2D eigenvalue weighted by Gasteiger charge is -2.29. The van der Waals surface area contributed by atoms with E-state index in [1.807, 2.05) is 13.8 Å². The molecule has 0 spiro atoms. The van der Waals surface area contributed by atoms with Crippen molar-refractivity contribution in [2.45, 2.75) is 64.8 Å². The number of rotatable bonds is 8. The van der Waals surface area contributed by atoms with E-state index in [2.05, 4.69) is 11.6 Å². The van der Waals surface area contributed by atoms with Crippen LogP contribution in [0.25, 0.3) is 0 Å². The van der Waals surface area contributed by atoms with E-state index in [4.69, 9.17) is 24.3 Å². The minimum absolute atomic E-state index is 0.00642. The Morgan fingerprint density at radius 2 is 2.11 bits per heavy atom. The molecule has 1 saturated heterocycles. The molecule has 2 heterocycles. The first-order valence-corrected chi connectivity index (χ1v) is 10.9. The van der Waals surface area contributed by atoms with Crippen LogP contribution < -0.4 is 5.73 Å². The quantitative estimate of drug-likeness (QED) is 0.595. The van der Waals surface area contributed by atoms with Crippen molar-refractivity contribution in [1.29, 1.82) is 0 Å². The van der Waals surface area contributed by atoms with Gasteiger partial charge in [-0.05, 0) is 27.7 Å². The summed E-state index contributed by atoms with van der Waals surface area (Å²) in [6.45, 7) is 13.0. The SMILES string of the molecule is C=C1N=C(N)C(O)=CN1[C@H]1C[C@@H](OP(C)(=O)OC(C)C)[C@@H](COC(C)C)O1. The van der Waals surface area contributed by atoms with Gasteiger partial charge < -0.3 is 34.3 Å². The maximum Gasteiger partial charge on any atom is 0.328 e. The zero-order chi connectivity index (χ0) is 20.4. The highest BCUT2D eigenvalue weighted by Crippen LogP contribution is 2.49. The number of ether oxygens (including phenoxy) is 2. The summed E-state index contributed by atoms with van der Waals surface area (Å²) in [6.07, 6.45) is 0.0392. The van der Waals surface area contributed by atoms with E-state index >= 15 is 0 Å². The van der Waals surface area contributed by atoms with Gasteiger partial charge in [0.2, 0.25) is 0 Å². The van der Waals surface area contributed by atoms with Crippen LogP contribution in [-0.4, -0.2) is 59.8 Å². The Bertz CT molecular complexity index is 663. The van der Waals surface area contributed by atoms with Crippen LogP contribution in [0.15, 0.2) is 29.4 Å². The van der Waals surface area contributed by atoms with Crippen molar-refractivity contribution in [3.63, 3.8) is 0 Å². The van der Waals surface area contributed by atoms with E-state index in [0.717, 1.165) is 0 Å². The van der Waals surface area contributed by atoms with Crippen molar-refractivity contribution < 1.29 is 28.2 Å². The molecule has 1 unspecified atom stereocenters. The molecule has 10 heteroatoms. The van der Waals surface area contributed by atoms with Crippen molar-refractivity contribution in [3.05, 3.63) is 24.4 Å². The molecule has 0 amide bonds. The van der Waals surface area contributed by atoms with Gasteiger partial charge in [0.1, 0.15) is 18.2 Å². The van der Waals surface area contributed by atoms with Crippen molar-refractivity contribution in [2.24, 2.45) is 10.7 Å². The molecule has 2 aliphatic heterocycles. The topological polar surface area (TPSA) is 116 Å². The van der Waals surface area contributed by atoms with Crippen LogP contribution in [0, 0.1) is 0 Å². The first-order chi connectivity index (χ1) is 12.5. The van der Waals surface area contributed by atoms with E-state index in [0.29, 0.717) is 12.2 Å². The van der Waals surface area contributed by atoms with E-state index in [1.165, 1.54) is 12.9 Å². The minimum atomic E-state index is -3.28. The average Bonchev–Trinajstić information content (AvgIpc) is 2.89. The van der Waals surface area contributed by atoms with Crippen molar-refractivity contribution in [1.82, 2.24) is 4.90 Å². The highest BCUT2D eigenvalue weighted by molar-refractivity contribution is 7.53. The molecule has 0 aromatic rings. The molecule has 0 aliphatic carbocycles. The van der Waals surface area contributed by atoms with Gasteiger partial charge in [0.25, 0.3) is 0 Å². The van der Waals surface area contributed by atoms with Crippen LogP contribution in [0.2, 0.25) is 0 Å². The Hall–Kier alpha value is -1.38. The lowest BCUT2D eigenvalue weighted by atomic mass is 10.2. The smallest absolute Gasteiger partial charge is 0.328 e. The van der Waals surface area contributed by atoms with Crippen molar-refractivity contribution in [3.8, 4) is 0 Å². The Labute approximate surface area is 160 Å². The van der Waals surface area contributed by atoms with Crippen molar-refractivity contribution in [2.75, 3.05) is 13.3 Å². The standard InChI is InChI=1S/C17H30N3O6P/c1-10(2)23-9-15-14(26-27(6,22)25-11(3)4)7-16(24-15)20-8-13(21)17(18)19-12(20)5/h8,10-11,14-16,21H,5,7,9H2,1-4,6H3,(H2,18,19)/t14-,15-,16-,27?/m1/s1. The second-order valence-corrected chi connectivity index (χ2v) is 9.12. The van der Waals surface area contributed by atoms with Gasteiger partial charge >= 0.3 is 7.60 Å². The Morgan fingerprint density at radius 3 is 2.70 bits per heavy atom. The molecule has 0 radical (unpaired) electrons. The summed E-state index contributed by atoms with van der Waals surface area (Å²) in [7, 11) is -3.28. The first kappa shape index (κ1) is 21.9. The third-order valence-corrected chi connectivity index (χ3v) is 5.34. The maximum absolute atomic E-state index is 12.6. The number of aliphatic hydroxyl groups excluding tert-OH is 1. The van der Waals surface area contributed by atoms with Crippen LogP contribution in [-0.2, 0) is 23.1 Å². The summed E-state index contributed by atoms with van der Waals surface area (Å²) < 4.78 is 35.6. The number of nitrogens with two attached hydrogens (primary N) is 1. The second-order valence-electron chi connectivity index (χ2n) is 7.15. The zero-order valence-electron chi connectivity index (χ0n) is 16.5. The summed E-state index contributed by atoms with van der Waals surface area (Å²) in [6, 6.07) is 0. The highest BCUT2D eigenvalue weighted by atomic mass is 31.2. The summed E-state index contributed by atoms with van der Waals surface area (Å²) in [5, 5.41) is 9.87. The minimum Gasteiger partial charge on any atom is -0.503 e. The number of hydrogen-bond donors (Lipinski definition) is 2. The Morgan fingerprint density at radius 1 is 1.44 bits per heavy atom. The maximum atomic E-state index is 12.6. The van der Waals surface area contributed by atoms with E-state index in [1.54, 1.807) is 18.7 Å². The molecule has 2 aliphatic rings. The molecule has 4 atom stereocenters. The molecule has 154 valence electrons. The molecule has 0 aromatic heterocycles. The van der Waals surface area contributed by atoms with Gasteiger partial charge in [0.15, 0.2) is 11.6 Å². The molecule has 3 N–H and O–H groups in total. The van der Waals surface area contributed by atoms with Gasteiger partial charge in [-0.3, -0.25) is 4.57 Å². The average molecular weight is 403 g/mol. The first-order valence-electron chi connectivity index (χ1n) is 8.92. The molecule has 27 heavy (non-hydrogen) atoms. The normalized spacial score (nSPS) is 28.5. The van der Waals surface area contributed by atoms with Gasteiger partial charge in [-0.1, -0.05) is 6.58 Å². The number of amidine groups is 1. The van der Waals surface area contributed by atoms with Crippen LogP contribution >= 0.6 is 7.60 Å². The molecule has 1 fully saturated rings. The lowest BCUT2D eigenvalue weighted by Crippen LogP contribution is -2.35. The molecule has 9 nitrogen and oxygen atoms in total. The molecule has 0 bridgehead atoms. The van der Waals surface area contributed by atoms with Gasteiger partial charge in [0.05, 0.1) is 31.1 Å². The summed E-state index contributed by atoms with van der Waals surface area (Å²) in [4.78, 5) is 5.57. The van der Waals surface area contributed by atoms with Gasteiger partial charge in [-0.15, -0.1) is 0 Å². The third-order valence-electron chi connectivity index (χ3n) is 3.89. The fraction of sp³-hybridized carbons (Fsp3) is 0.706. The van der Waals surface area contributed by atoms with E-state index in [-0.39, 0.29) is 30.4 Å². The predicted molar refractivity (Wildman–Crippen MR) is 102 cm³/mol. The second kappa shape index (κ2) is 8.75. The van der Waals surface area contributed by atoms with E-state index in [9.17, 15) is 9.67 Å². The number of aliphatic imine (C=N–C) groups is 1. The number of aliphatic hydroxyl groups is 1. The summed E-state index contributed by atoms with van der Waals surface area (Å²) in [5.74, 6) is 0.150. The molecular weight excluding hydrogens is 373 g/mol. The summed E-state index contributed by atoms with van der Waals surface area (Å²) in [5.41, 5.74) is 5.60. The molecule has 0 aromatic carbocycles. The van der Waals surface area contributed by atoms with Gasteiger partial charge in [0, 0.05) is 13.1 Å². The highest BCUT2D eigenvalue weighted by Gasteiger charge is 2.43. The lowest BCUT2D eigenvalue weighted by molar-refractivity contribution is -0.0801. The number of nitrogens with zero attached hydrogens (tertiary/aromatic N) is 2. The molecule has 0 saturated carbocycles.